The van der Waals surface area contributed by atoms with Crippen LogP contribution in [0.15, 0.2) is 24.5 Å². The summed E-state index contributed by atoms with van der Waals surface area (Å²) < 4.78 is 5.41. The van der Waals surface area contributed by atoms with Crippen molar-refractivity contribution in [2.45, 2.75) is 19.4 Å². The van der Waals surface area contributed by atoms with Gasteiger partial charge in [-0.2, -0.15) is 0 Å². The molecule has 0 aliphatic carbocycles. The van der Waals surface area contributed by atoms with E-state index in [9.17, 15) is 4.79 Å². The van der Waals surface area contributed by atoms with Crippen molar-refractivity contribution < 1.29 is 9.53 Å². The Morgan fingerprint density at radius 2 is 2.41 bits per heavy atom. The molecule has 1 aliphatic heterocycles. The summed E-state index contributed by atoms with van der Waals surface area (Å²) in [5.74, 6) is 0.560. The van der Waals surface area contributed by atoms with Crippen molar-refractivity contribution in [3.63, 3.8) is 0 Å². The summed E-state index contributed by atoms with van der Waals surface area (Å²) in [6.07, 6.45) is 4.42. The van der Waals surface area contributed by atoms with Gasteiger partial charge in [0, 0.05) is 32.6 Å². The quantitative estimate of drug-likeness (QED) is 0.780. The Bertz CT molecular complexity index is 380. The van der Waals surface area contributed by atoms with Crippen molar-refractivity contribution in [2.75, 3.05) is 20.2 Å². The molecular formula is C13H18N2O2. The van der Waals surface area contributed by atoms with E-state index >= 15 is 0 Å². The molecule has 0 unspecified atom stereocenters. The molecule has 92 valence electrons. The molecule has 2 heterocycles. The van der Waals surface area contributed by atoms with Crippen LogP contribution in [0, 0.1) is 5.92 Å². The summed E-state index contributed by atoms with van der Waals surface area (Å²) in [5, 5.41) is 0. The lowest BCUT2D eigenvalue weighted by Gasteiger charge is -2.36. The van der Waals surface area contributed by atoms with Gasteiger partial charge in [-0.15, -0.1) is 0 Å². The lowest BCUT2D eigenvalue weighted by molar-refractivity contribution is -0.00158. The Morgan fingerprint density at radius 1 is 1.59 bits per heavy atom. The molecule has 1 aromatic heterocycles. The summed E-state index contributed by atoms with van der Waals surface area (Å²) in [4.78, 5) is 18.0. The number of aromatic nitrogens is 1. The average Bonchev–Trinajstić information content (AvgIpc) is 2.39. The molecule has 2 atom stereocenters. The number of amides is 1. The highest BCUT2D eigenvalue weighted by Gasteiger charge is 2.29. The minimum Gasteiger partial charge on any atom is -0.379 e. The fourth-order valence-corrected chi connectivity index (χ4v) is 2.20. The van der Waals surface area contributed by atoms with Crippen molar-refractivity contribution in [3.8, 4) is 0 Å². The number of pyridine rings is 1. The van der Waals surface area contributed by atoms with Gasteiger partial charge in [0.05, 0.1) is 11.7 Å². The minimum absolute atomic E-state index is 0.0482. The topological polar surface area (TPSA) is 42.4 Å². The molecule has 0 radical (unpaired) electrons. The van der Waals surface area contributed by atoms with E-state index in [-0.39, 0.29) is 12.0 Å². The number of carbonyl (C=O) groups is 1. The van der Waals surface area contributed by atoms with Gasteiger partial charge in [0.15, 0.2) is 0 Å². The highest BCUT2D eigenvalue weighted by atomic mass is 16.5. The van der Waals surface area contributed by atoms with Gasteiger partial charge in [-0.3, -0.25) is 9.78 Å². The summed E-state index contributed by atoms with van der Waals surface area (Å²) in [6.45, 7) is 3.64. The Morgan fingerprint density at radius 3 is 3.06 bits per heavy atom. The summed E-state index contributed by atoms with van der Waals surface area (Å²) >= 11 is 0. The van der Waals surface area contributed by atoms with Crippen molar-refractivity contribution in [2.24, 2.45) is 5.92 Å². The highest BCUT2D eigenvalue weighted by molar-refractivity contribution is 5.93. The molecule has 2 rings (SSSR count). The van der Waals surface area contributed by atoms with E-state index in [0.717, 1.165) is 13.0 Å². The molecular weight excluding hydrogens is 216 g/mol. The first-order chi connectivity index (χ1) is 8.22. The normalized spacial score (nSPS) is 24.7. The number of hydrogen-bond donors (Lipinski definition) is 0. The molecule has 0 N–H and O–H groups in total. The summed E-state index contributed by atoms with van der Waals surface area (Å²) in [5.41, 5.74) is 0.650. The molecule has 1 aromatic rings. The highest BCUT2D eigenvalue weighted by Crippen LogP contribution is 2.20. The van der Waals surface area contributed by atoms with Crippen LogP contribution in [0.3, 0.4) is 0 Å². The van der Waals surface area contributed by atoms with Crippen LogP contribution in [0.5, 0.6) is 0 Å². The molecule has 1 aliphatic rings. The second kappa shape index (κ2) is 5.27. The molecule has 4 nitrogen and oxygen atoms in total. The predicted octanol–water partition coefficient (Wildman–Crippen LogP) is 1.58. The molecule has 17 heavy (non-hydrogen) atoms. The summed E-state index contributed by atoms with van der Waals surface area (Å²) in [7, 11) is 1.71. The van der Waals surface area contributed by atoms with Gasteiger partial charge in [-0.25, -0.2) is 0 Å². The zero-order valence-electron chi connectivity index (χ0n) is 10.3. The van der Waals surface area contributed by atoms with E-state index in [1.807, 2.05) is 4.90 Å². The second-order valence-corrected chi connectivity index (χ2v) is 4.53. The first-order valence-electron chi connectivity index (χ1n) is 5.94. The first-order valence-corrected chi connectivity index (χ1v) is 5.94. The lowest BCUT2D eigenvalue weighted by atomic mass is 9.95. The number of piperidine rings is 1. The van der Waals surface area contributed by atoms with Crippen molar-refractivity contribution in [3.05, 3.63) is 30.1 Å². The Labute approximate surface area is 102 Å². The van der Waals surface area contributed by atoms with Crippen LogP contribution < -0.4 is 0 Å². The first kappa shape index (κ1) is 12.0. The molecule has 0 saturated carbocycles. The molecule has 0 aromatic carbocycles. The second-order valence-electron chi connectivity index (χ2n) is 4.53. The fourth-order valence-electron chi connectivity index (χ4n) is 2.20. The largest absolute Gasteiger partial charge is 0.379 e. The standard InChI is InChI=1S/C13H18N2O2/c1-10-5-7-15(9-12(10)17-2)13(16)11-4-3-6-14-8-11/h3-4,6,8,10,12H,5,7,9H2,1-2H3/t10-,12-/m0/s1. The van der Waals surface area contributed by atoms with Gasteiger partial charge >= 0.3 is 0 Å². The van der Waals surface area contributed by atoms with E-state index in [0.29, 0.717) is 18.0 Å². The molecule has 1 saturated heterocycles. The van der Waals surface area contributed by atoms with E-state index in [1.165, 1.54) is 0 Å². The number of hydrogen-bond acceptors (Lipinski definition) is 3. The van der Waals surface area contributed by atoms with Gasteiger partial charge in [0.2, 0.25) is 0 Å². The van der Waals surface area contributed by atoms with E-state index < -0.39 is 0 Å². The maximum atomic E-state index is 12.2. The monoisotopic (exact) mass is 234 g/mol. The third kappa shape index (κ3) is 2.64. The van der Waals surface area contributed by atoms with E-state index in [4.69, 9.17) is 4.74 Å². The maximum absolute atomic E-state index is 12.2. The molecule has 1 fully saturated rings. The minimum atomic E-state index is 0.0482. The Kier molecular flexibility index (Phi) is 3.74. The van der Waals surface area contributed by atoms with E-state index in [1.54, 1.807) is 31.6 Å². The lowest BCUT2D eigenvalue weighted by Crippen LogP contribution is -2.46. The van der Waals surface area contributed by atoms with Crippen molar-refractivity contribution >= 4 is 5.91 Å². The van der Waals surface area contributed by atoms with Crippen LogP contribution in [0.25, 0.3) is 0 Å². The van der Waals surface area contributed by atoms with Gasteiger partial charge < -0.3 is 9.64 Å². The van der Waals surface area contributed by atoms with Crippen LogP contribution in [-0.2, 0) is 4.74 Å². The van der Waals surface area contributed by atoms with Gasteiger partial charge in [-0.1, -0.05) is 6.92 Å². The third-order valence-electron chi connectivity index (χ3n) is 3.39. The fraction of sp³-hybridized carbons (Fsp3) is 0.538. The zero-order chi connectivity index (χ0) is 12.3. The number of likely N-dealkylation sites (tertiary alicyclic amines) is 1. The Balaban J connectivity index is 2.06. The summed E-state index contributed by atoms with van der Waals surface area (Å²) in [6, 6.07) is 3.59. The van der Waals surface area contributed by atoms with Gasteiger partial charge in [0.1, 0.15) is 0 Å². The smallest absolute Gasteiger partial charge is 0.255 e. The van der Waals surface area contributed by atoms with Crippen LogP contribution in [0.4, 0.5) is 0 Å². The van der Waals surface area contributed by atoms with E-state index in [2.05, 4.69) is 11.9 Å². The van der Waals surface area contributed by atoms with Crippen LogP contribution in [-0.4, -0.2) is 42.1 Å². The number of rotatable bonds is 2. The van der Waals surface area contributed by atoms with Crippen molar-refractivity contribution in [1.29, 1.82) is 0 Å². The predicted molar refractivity (Wildman–Crippen MR) is 64.7 cm³/mol. The average molecular weight is 234 g/mol. The number of carbonyl (C=O) groups excluding carboxylic acids is 1. The molecule has 4 heteroatoms. The number of nitrogens with zero attached hydrogens (tertiary/aromatic N) is 2. The van der Waals surface area contributed by atoms with Gasteiger partial charge in [0.25, 0.3) is 5.91 Å². The van der Waals surface area contributed by atoms with Gasteiger partial charge in [-0.05, 0) is 24.5 Å². The molecule has 0 spiro atoms. The Hall–Kier alpha value is -1.42. The van der Waals surface area contributed by atoms with Crippen LogP contribution >= 0.6 is 0 Å². The SMILES string of the molecule is CO[C@H]1CN(C(=O)c2cccnc2)CC[C@@H]1C. The third-order valence-corrected chi connectivity index (χ3v) is 3.39. The molecule has 1 amide bonds. The van der Waals surface area contributed by atoms with Crippen LogP contribution in [0.1, 0.15) is 23.7 Å². The van der Waals surface area contributed by atoms with Crippen molar-refractivity contribution in [1.82, 2.24) is 9.88 Å². The zero-order valence-corrected chi connectivity index (χ0v) is 10.3. The number of methoxy groups -OCH3 is 1. The maximum Gasteiger partial charge on any atom is 0.255 e. The van der Waals surface area contributed by atoms with Crippen LogP contribution in [0.2, 0.25) is 0 Å². The molecule has 0 bridgehead atoms. The number of ether oxygens (including phenoxy) is 1.